The number of carbonyl (C=O) groups is 5. The monoisotopic (exact) mass is 435 g/mol. The Morgan fingerprint density at radius 2 is 1.76 bits per heavy atom. The standard InChI is InChI=1S/C16H29N5O7S/c1-21(2)7-9(5-12(18)22)29-8-11(15(26)19-6-14(24)25)20-13(23)4-3-10(17)16(27)28/h9-11H,3-8,17H2,1-2H3,(H2,18,22)(H,19,26)(H,20,23)(H,24,25)(H,27,28). The van der Waals surface area contributed by atoms with Gasteiger partial charge in [-0.15, -0.1) is 0 Å². The molecule has 0 bridgehead atoms. The highest BCUT2D eigenvalue weighted by Gasteiger charge is 2.24. The maximum atomic E-state index is 12.3. The average Bonchev–Trinajstić information content (AvgIpc) is 2.59. The summed E-state index contributed by atoms with van der Waals surface area (Å²) in [5.74, 6) is -4.25. The summed E-state index contributed by atoms with van der Waals surface area (Å²) < 4.78 is 0. The number of carboxylic acids is 2. The first-order chi connectivity index (χ1) is 13.4. The van der Waals surface area contributed by atoms with Crippen LogP contribution < -0.4 is 22.1 Å². The van der Waals surface area contributed by atoms with E-state index in [-0.39, 0.29) is 30.3 Å². The molecule has 0 spiro atoms. The largest absolute Gasteiger partial charge is 0.480 e. The van der Waals surface area contributed by atoms with Gasteiger partial charge in [0, 0.05) is 30.4 Å². The van der Waals surface area contributed by atoms with E-state index in [4.69, 9.17) is 21.7 Å². The lowest BCUT2D eigenvalue weighted by molar-refractivity contribution is -0.139. The van der Waals surface area contributed by atoms with Gasteiger partial charge in [-0.1, -0.05) is 0 Å². The van der Waals surface area contributed by atoms with Crippen molar-refractivity contribution in [3.8, 4) is 0 Å². The minimum Gasteiger partial charge on any atom is -0.480 e. The highest BCUT2D eigenvalue weighted by molar-refractivity contribution is 8.00. The molecule has 0 saturated heterocycles. The van der Waals surface area contributed by atoms with E-state index in [0.717, 1.165) is 0 Å². The minimum absolute atomic E-state index is 0.0632. The van der Waals surface area contributed by atoms with Gasteiger partial charge >= 0.3 is 11.9 Å². The van der Waals surface area contributed by atoms with Gasteiger partial charge in [0.25, 0.3) is 0 Å². The zero-order chi connectivity index (χ0) is 22.6. The van der Waals surface area contributed by atoms with Crippen molar-refractivity contribution in [1.29, 1.82) is 0 Å². The number of hydrogen-bond donors (Lipinski definition) is 6. The topological polar surface area (TPSA) is 205 Å². The van der Waals surface area contributed by atoms with E-state index in [0.29, 0.717) is 6.54 Å². The number of aliphatic carboxylic acids is 2. The number of nitrogens with two attached hydrogens (primary N) is 2. The van der Waals surface area contributed by atoms with E-state index in [1.165, 1.54) is 11.8 Å². The molecule has 3 amide bonds. The number of nitrogens with one attached hydrogen (secondary N) is 2. The van der Waals surface area contributed by atoms with Gasteiger partial charge < -0.3 is 37.2 Å². The number of hydrogen-bond acceptors (Lipinski definition) is 8. The molecule has 0 aromatic carbocycles. The van der Waals surface area contributed by atoms with E-state index in [9.17, 15) is 24.0 Å². The molecule has 0 aliphatic carbocycles. The van der Waals surface area contributed by atoms with Crippen molar-refractivity contribution in [2.75, 3.05) is 32.9 Å². The Balaban J connectivity index is 5.00. The second kappa shape index (κ2) is 13.7. The molecule has 13 heteroatoms. The summed E-state index contributed by atoms with van der Waals surface area (Å²) in [6, 6.07) is -2.29. The summed E-state index contributed by atoms with van der Waals surface area (Å²) in [4.78, 5) is 58.8. The number of carbonyl (C=O) groups excluding carboxylic acids is 3. The number of nitrogens with zero attached hydrogens (tertiary/aromatic N) is 1. The fourth-order valence-corrected chi connectivity index (χ4v) is 3.57. The van der Waals surface area contributed by atoms with Crippen LogP contribution in [0.2, 0.25) is 0 Å². The van der Waals surface area contributed by atoms with Crippen LogP contribution in [0.4, 0.5) is 0 Å². The van der Waals surface area contributed by atoms with E-state index < -0.39 is 48.3 Å². The Bertz CT molecular complexity index is 602. The van der Waals surface area contributed by atoms with Gasteiger partial charge in [-0.25, -0.2) is 0 Å². The van der Waals surface area contributed by atoms with Crippen molar-refractivity contribution in [2.45, 2.75) is 36.6 Å². The first-order valence-corrected chi connectivity index (χ1v) is 9.79. The normalized spacial score (nSPS) is 13.9. The molecule has 0 radical (unpaired) electrons. The molecule has 166 valence electrons. The fourth-order valence-electron chi connectivity index (χ4n) is 2.19. The summed E-state index contributed by atoms with van der Waals surface area (Å²) in [5, 5.41) is 21.9. The van der Waals surface area contributed by atoms with E-state index in [2.05, 4.69) is 10.6 Å². The summed E-state index contributed by atoms with van der Waals surface area (Å²) in [6.45, 7) is -0.124. The van der Waals surface area contributed by atoms with Crippen LogP contribution in [0.15, 0.2) is 0 Å². The third-order valence-corrected chi connectivity index (χ3v) is 4.87. The zero-order valence-corrected chi connectivity index (χ0v) is 17.2. The maximum Gasteiger partial charge on any atom is 0.322 e. The Labute approximate surface area is 172 Å². The van der Waals surface area contributed by atoms with Crippen molar-refractivity contribution in [3.05, 3.63) is 0 Å². The van der Waals surface area contributed by atoms with Crippen LogP contribution in [0.25, 0.3) is 0 Å². The predicted molar refractivity (Wildman–Crippen MR) is 106 cm³/mol. The molecule has 0 rings (SSSR count). The highest BCUT2D eigenvalue weighted by atomic mass is 32.2. The van der Waals surface area contributed by atoms with E-state index in [1.54, 1.807) is 14.1 Å². The van der Waals surface area contributed by atoms with E-state index in [1.807, 2.05) is 4.90 Å². The quantitative estimate of drug-likeness (QED) is 0.158. The van der Waals surface area contributed by atoms with Crippen LogP contribution in [0.5, 0.6) is 0 Å². The maximum absolute atomic E-state index is 12.3. The molecule has 0 aromatic heterocycles. The van der Waals surface area contributed by atoms with Gasteiger partial charge in [-0.2, -0.15) is 11.8 Å². The molecule has 0 aliphatic rings. The molecule has 0 aromatic rings. The molecule has 12 nitrogen and oxygen atoms in total. The van der Waals surface area contributed by atoms with Crippen molar-refractivity contribution in [2.24, 2.45) is 11.5 Å². The van der Waals surface area contributed by atoms with Gasteiger partial charge in [0.1, 0.15) is 18.6 Å². The molecule has 3 atom stereocenters. The van der Waals surface area contributed by atoms with Gasteiger partial charge in [-0.05, 0) is 20.5 Å². The molecule has 8 N–H and O–H groups in total. The summed E-state index contributed by atoms with van der Waals surface area (Å²) >= 11 is 1.24. The summed E-state index contributed by atoms with van der Waals surface area (Å²) in [7, 11) is 3.61. The van der Waals surface area contributed by atoms with Crippen molar-refractivity contribution >= 4 is 41.4 Å². The summed E-state index contributed by atoms with van der Waals surface area (Å²) in [5.41, 5.74) is 10.6. The molecule has 0 fully saturated rings. The van der Waals surface area contributed by atoms with Crippen LogP contribution in [-0.2, 0) is 24.0 Å². The number of thioether (sulfide) groups is 1. The lowest BCUT2D eigenvalue weighted by atomic mass is 10.1. The van der Waals surface area contributed by atoms with Crippen LogP contribution in [0.3, 0.4) is 0 Å². The lowest BCUT2D eigenvalue weighted by Crippen LogP contribution is -2.50. The van der Waals surface area contributed by atoms with E-state index >= 15 is 0 Å². The third kappa shape index (κ3) is 13.4. The van der Waals surface area contributed by atoms with Gasteiger partial charge in [0.2, 0.25) is 17.7 Å². The zero-order valence-electron chi connectivity index (χ0n) is 16.4. The first kappa shape index (κ1) is 26.6. The lowest BCUT2D eigenvalue weighted by Gasteiger charge is -2.23. The minimum atomic E-state index is -1.25. The highest BCUT2D eigenvalue weighted by Crippen LogP contribution is 2.17. The third-order valence-electron chi connectivity index (χ3n) is 3.56. The Kier molecular flexibility index (Phi) is 12.6. The first-order valence-electron chi connectivity index (χ1n) is 8.74. The van der Waals surface area contributed by atoms with Crippen molar-refractivity contribution in [3.63, 3.8) is 0 Å². The molecule has 0 heterocycles. The van der Waals surface area contributed by atoms with Crippen molar-refractivity contribution in [1.82, 2.24) is 15.5 Å². The molecule has 0 saturated carbocycles. The number of amides is 3. The molecule has 0 aliphatic heterocycles. The van der Waals surface area contributed by atoms with Crippen LogP contribution in [0.1, 0.15) is 19.3 Å². The Morgan fingerprint density at radius 3 is 2.24 bits per heavy atom. The SMILES string of the molecule is CN(C)CC(CC(N)=O)SCC(NC(=O)CCC(N)C(=O)O)C(=O)NCC(=O)O. The fraction of sp³-hybridized carbons (Fsp3) is 0.688. The van der Waals surface area contributed by atoms with Crippen LogP contribution >= 0.6 is 11.8 Å². The van der Waals surface area contributed by atoms with Crippen LogP contribution in [0, 0.1) is 0 Å². The second-order valence-electron chi connectivity index (χ2n) is 6.60. The van der Waals surface area contributed by atoms with Crippen LogP contribution in [-0.4, -0.2) is 95.0 Å². The van der Waals surface area contributed by atoms with Gasteiger partial charge in [0.15, 0.2) is 0 Å². The van der Waals surface area contributed by atoms with Gasteiger partial charge in [-0.3, -0.25) is 24.0 Å². The number of primary amides is 1. The van der Waals surface area contributed by atoms with Crippen molar-refractivity contribution < 1.29 is 34.2 Å². The average molecular weight is 436 g/mol. The molecular formula is C16H29N5O7S. The Morgan fingerprint density at radius 1 is 1.14 bits per heavy atom. The molecule has 29 heavy (non-hydrogen) atoms. The predicted octanol–water partition coefficient (Wildman–Crippen LogP) is -2.60. The second-order valence-corrected chi connectivity index (χ2v) is 7.94. The molecular weight excluding hydrogens is 406 g/mol. The summed E-state index contributed by atoms with van der Waals surface area (Å²) in [6.07, 6.45) is -0.278. The molecule has 3 unspecified atom stereocenters. The Hall–Kier alpha value is -2.38. The van der Waals surface area contributed by atoms with Gasteiger partial charge in [0.05, 0.1) is 0 Å². The number of carboxylic acid groups (broad SMARTS) is 2. The number of rotatable bonds is 15. The smallest absolute Gasteiger partial charge is 0.322 e.